The summed E-state index contributed by atoms with van der Waals surface area (Å²) in [5.41, 5.74) is 0.835. The van der Waals surface area contributed by atoms with Gasteiger partial charge in [0.2, 0.25) is 0 Å². The fourth-order valence-electron chi connectivity index (χ4n) is 5.71. The molecule has 2 saturated heterocycles. The summed E-state index contributed by atoms with van der Waals surface area (Å²) in [6.45, 7) is 0. The second-order valence-corrected chi connectivity index (χ2v) is 9.37. The van der Waals surface area contributed by atoms with Crippen molar-refractivity contribution < 1.29 is 19.1 Å². The molecule has 0 spiro atoms. The van der Waals surface area contributed by atoms with Crippen molar-refractivity contribution in [3.05, 3.63) is 59.7 Å². The van der Waals surface area contributed by atoms with Gasteiger partial charge in [0.15, 0.2) is 0 Å². The third-order valence-corrected chi connectivity index (χ3v) is 7.65. The van der Waals surface area contributed by atoms with Crippen molar-refractivity contribution in [2.24, 2.45) is 5.92 Å². The highest BCUT2D eigenvalue weighted by molar-refractivity contribution is 5.41. The molecule has 2 aromatic rings. The largest absolute Gasteiger partial charge is 0.497 e. The monoisotopic (exact) mass is 396 g/mol. The smallest absolute Gasteiger partial charge is 0.118 e. The topological polar surface area (TPSA) is 38.7 Å². The van der Waals surface area contributed by atoms with Crippen LogP contribution in [0.1, 0.15) is 43.2 Å². The molecule has 2 aliphatic rings. The van der Waals surface area contributed by atoms with E-state index in [1.807, 2.05) is 48.5 Å². The van der Waals surface area contributed by atoms with Gasteiger partial charge in [-0.15, -0.1) is 0 Å². The van der Waals surface area contributed by atoms with E-state index in [2.05, 4.69) is 14.1 Å². The van der Waals surface area contributed by atoms with Crippen molar-refractivity contribution >= 4 is 0 Å². The fraction of sp³-hybridized carbons (Fsp3) is 0.520. The minimum Gasteiger partial charge on any atom is -0.497 e. The number of aliphatic hydroxyl groups is 1. The van der Waals surface area contributed by atoms with Crippen LogP contribution in [0, 0.1) is 5.92 Å². The van der Waals surface area contributed by atoms with E-state index in [-0.39, 0.29) is 0 Å². The molecule has 29 heavy (non-hydrogen) atoms. The predicted molar refractivity (Wildman–Crippen MR) is 115 cm³/mol. The van der Waals surface area contributed by atoms with Gasteiger partial charge >= 0.3 is 0 Å². The van der Waals surface area contributed by atoms with Crippen LogP contribution in [0.3, 0.4) is 0 Å². The number of hydrogen-bond donors (Lipinski definition) is 1. The van der Waals surface area contributed by atoms with Crippen LogP contribution in [0.25, 0.3) is 0 Å². The quantitative estimate of drug-likeness (QED) is 0.738. The van der Waals surface area contributed by atoms with Gasteiger partial charge in [-0.2, -0.15) is 0 Å². The van der Waals surface area contributed by atoms with Crippen molar-refractivity contribution in [3.8, 4) is 11.5 Å². The normalized spacial score (nSPS) is 25.6. The zero-order valence-electron chi connectivity index (χ0n) is 18.1. The first-order valence-corrected chi connectivity index (χ1v) is 10.7. The van der Waals surface area contributed by atoms with Crippen LogP contribution in [-0.2, 0) is 5.60 Å². The van der Waals surface area contributed by atoms with Crippen LogP contribution in [0.5, 0.6) is 11.5 Å². The lowest BCUT2D eigenvalue weighted by atomic mass is 9.75. The zero-order valence-corrected chi connectivity index (χ0v) is 18.1. The summed E-state index contributed by atoms with van der Waals surface area (Å²) in [5, 5.41) is 12.1. The summed E-state index contributed by atoms with van der Waals surface area (Å²) >= 11 is 0. The lowest BCUT2D eigenvalue weighted by Gasteiger charge is -2.46. The van der Waals surface area contributed by atoms with Gasteiger partial charge in [-0.1, -0.05) is 24.3 Å². The van der Waals surface area contributed by atoms with Gasteiger partial charge in [0, 0.05) is 25.7 Å². The van der Waals surface area contributed by atoms with E-state index >= 15 is 0 Å². The number of methoxy groups -OCH3 is 2. The maximum absolute atomic E-state index is 12.1. The Morgan fingerprint density at radius 1 is 0.828 bits per heavy atom. The second-order valence-electron chi connectivity index (χ2n) is 9.37. The van der Waals surface area contributed by atoms with Crippen LogP contribution in [0.15, 0.2) is 48.5 Å². The molecule has 2 aliphatic heterocycles. The van der Waals surface area contributed by atoms with Gasteiger partial charge < -0.3 is 19.1 Å². The number of rotatable bonds is 6. The molecular weight excluding hydrogens is 362 g/mol. The lowest BCUT2D eigenvalue weighted by Crippen LogP contribution is -2.55. The molecule has 0 aliphatic carbocycles. The highest BCUT2D eigenvalue weighted by Gasteiger charge is 2.50. The molecule has 0 saturated carbocycles. The molecule has 1 N–H and O–H groups in total. The van der Waals surface area contributed by atoms with Gasteiger partial charge in [0.25, 0.3) is 0 Å². The van der Waals surface area contributed by atoms with Gasteiger partial charge in [-0.25, -0.2) is 0 Å². The molecule has 0 unspecified atom stereocenters. The molecule has 2 aromatic carbocycles. The highest BCUT2D eigenvalue weighted by atomic mass is 16.5. The standard InChI is InChI=1S/C25H34NO3/c1-26(2)21-9-10-22(26)16-18(15-21)17-25(27,19-5-11-23(28-3)12-6-19)20-7-13-24(29-4)14-8-20/h5-8,11-14,18,21-22,27H,9-10,15-17H2,1-4H3/q+1/t21-,22-/m1/s1. The molecule has 0 radical (unpaired) electrons. The Labute approximate surface area is 174 Å². The molecular formula is C25H34NO3+. The van der Waals surface area contributed by atoms with Crippen molar-refractivity contribution in [1.82, 2.24) is 0 Å². The van der Waals surface area contributed by atoms with E-state index in [9.17, 15) is 5.11 Å². The van der Waals surface area contributed by atoms with E-state index in [1.54, 1.807) is 14.2 Å². The Kier molecular flexibility index (Phi) is 5.34. The number of nitrogens with zero attached hydrogens (tertiary/aromatic N) is 1. The first-order valence-electron chi connectivity index (χ1n) is 10.7. The van der Waals surface area contributed by atoms with Crippen LogP contribution in [-0.4, -0.2) is 50.0 Å². The Bertz CT molecular complexity index is 765. The Morgan fingerprint density at radius 2 is 1.24 bits per heavy atom. The van der Waals surface area contributed by atoms with Crippen LogP contribution >= 0.6 is 0 Å². The minimum atomic E-state index is -1.02. The first kappa shape index (κ1) is 20.2. The van der Waals surface area contributed by atoms with Crippen molar-refractivity contribution in [3.63, 3.8) is 0 Å². The summed E-state index contributed by atoms with van der Waals surface area (Å²) in [6.07, 6.45) is 5.77. The van der Waals surface area contributed by atoms with Gasteiger partial charge in [0.1, 0.15) is 17.1 Å². The molecule has 2 atom stereocenters. The first-order chi connectivity index (χ1) is 13.9. The third kappa shape index (κ3) is 3.64. The van der Waals surface area contributed by atoms with Gasteiger partial charge in [-0.05, 0) is 47.7 Å². The summed E-state index contributed by atoms with van der Waals surface area (Å²) in [6, 6.07) is 17.2. The average molecular weight is 397 g/mol. The van der Waals surface area contributed by atoms with Crippen LogP contribution in [0.2, 0.25) is 0 Å². The molecule has 4 nitrogen and oxygen atoms in total. The van der Waals surface area contributed by atoms with Gasteiger partial charge in [0.05, 0.1) is 40.4 Å². The van der Waals surface area contributed by atoms with Crippen LogP contribution < -0.4 is 9.47 Å². The van der Waals surface area contributed by atoms with E-state index < -0.39 is 5.60 Å². The van der Waals surface area contributed by atoms with Crippen molar-refractivity contribution in [1.29, 1.82) is 0 Å². The number of benzene rings is 2. The maximum Gasteiger partial charge on any atom is 0.118 e. The van der Waals surface area contributed by atoms with E-state index in [0.29, 0.717) is 5.92 Å². The summed E-state index contributed by atoms with van der Waals surface area (Å²) in [4.78, 5) is 0. The lowest BCUT2D eigenvalue weighted by molar-refractivity contribution is -0.931. The third-order valence-electron chi connectivity index (χ3n) is 7.65. The number of quaternary nitrogens is 1. The molecule has 4 heteroatoms. The average Bonchev–Trinajstić information content (AvgIpc) is 2.89. The van der Waals surface area contributed by atoms with Gasteiger partial charge in [-0.3, -0.25) is 0 Å². The van der Waals surface area contributed by atoms with E-state index in [0.717, 1.165) is 45.6 Å². The molecule has 0 aromatic heterocycles. The fourth-order valence-corrected chi connectivity index (χ4v) is 5.71. The Morgan fingerprint density at radius 3 is 1.62 bits per heavy atom. The van der Waals surface area contributed by atoms with Crippen molar-refractivity contribution in [2.75, 3.05) is 28.3 Å². The SMILES string of the molecule is COc1ccc(C(O)(CC2C[C@H]3CC[C@H](C2)[N+]3(C)C)c2ccc(OC)cc2)cc1. The highest BCUT2D eigenvalue weighted by Crippen LogP contribution is 2.47. The molecule has 2 heterocycles. The van der Waals surface area contributed by atoms with Crippen LogP contribution in [0.4, 0.5) is 0 Å². The number of ether oxygens (including phenoxy) is 2. The molecule has 2 bridgehead atoms. The number of fused-ring (bicyclic) bond motifs is 2. The summed E-state index contributed by atoms with van der Waals surface area (Å²) in [5.74, 6) is 2.13. The zero-order chi connectivity index (χ0) is 20.6. The minimum absolute atomic E-state index is 0.521. The molecule has 156 valence electrons. The Balaban J connectivity index is 1.66. The van der Waals surface area contributed by atoms with Crippen molar-refractivity contribution in [2.45, 2.75) is 49.8 Å². The number of hydrogen-bond acceptors (Lipinski definition) is 3. The Hall–Kier alpha value is -2.04. The van der Waals surface area contributed by atoms with E-state index in [1.165, 1.54) is 25.7 Å². The number of piperidine rings is 1. The molecule has 0 amide bonds. The molecule has 4 rings (SSSR count). The van der Waals surface area contributed by atoms with E-state index in [4.69, 9.17) is 9.47 Å². The predicted octanol–water partition coefficient (Wildman–Crippen LogP) is 4.35. The maximum atomic E-state index is 12.1. The second kappa shape index (κ2) is 7.66. The molecule has 2 fully saturated rings. The summed E-state index contributed by atoms with van der Waals surface area (Å²) < 4.78 is 11.8. The summed E-state index contributed by atoms with van der Waals surface area (Å²) in [7, 11) is 8.11.